The Hall–Kier alpha value is -0.360. The maximum Gasteiger partial charge on any atom is 0.221 e. The number of thiazole rings is 1. The lowest BCUT2D eigenvalue weighted by Crippen LogP contribution is -2.31. The molecular formula is C11H21Cl2N3OS. The number of nitrogens with zero attached hydrogens (tertiary/aromatic N) is 1. The van der Waals surface area contributed by atoms with Crippen molar-refractivity contribution in [3.8, 4) is 0 Å². The molecule has 0 saturated carbocycles. The maximum atomic E-state index is 11.3. The average molecular weight is 314 g/mol. The lowest BCUT2D eigenvalue weighted by Gasteiger charge is -2.05. The van der Waals surface area contributed by atoms with Gasteiger partial charge in [0.15, 0.2) is 0 Å². The molecule has 0 fully saturated rings. The van der Waals surface area contributed by atoms with Crippen molar-refractivity contribution in [3.05, 3.63) is 15.6 Å². The highest BCUT2D eigenvalue weighted by Crippen LogP contribution is 2.16. The minimum absolute atomic E-state index is 0. The Bertz CT molecular complexity index is 350. The lowest BCUT2D eigenvalue weighted by atomic mass is 10.2. The normalized spacial score (nSPS) is 11.1. The molecule has 0 spiro atoms. The molecule has 1 heterocycles. The Morgan fingerprint density at radius 2 is 2.06 bits per heavy atom. The fraction of sp³-hybridized carbons (Fsp3) is 0.636. The van der Waals surface area contributed by atoms with E-state index in [1.807, 2.05) is 13.8 Å². The predicted molar refractivity (Wildman–Crippen MR) is 81.1 cm³/mol. The number of carbonyl (C=O) groups excluding carboxylic acids is 1. The molecule has 0 saturated heterocycles. The van der Waals surface area contributed by atoms with Gasteiger partial charge in [-0.25, -0.2) is 4.98 Å². The van der Waals surface area contributed by atoms with Crippen LogP contribution in [0, 0.1) is 13.8 Å². The van der Waals surface area contributed by atoms with E-state index in [9.17, 15) is 4.79 Å². The number of halogens is 2. The Balaban J connectivity index is 0. The molecule has 1 aromatic heterocycles. The van der Waals surface area contributed by atoms with Gasteiger partial charge in [0.1, 0.15) is 0 Å². The highest BCUT2D eigenvalue weighted by Gasteiger charge is 2.06. The van der Waals surface area contributed by atoms with E-state index < -0.39 is 0 Å². The second-order valence-corrected chi connectivity index (χ2v) is 5.32. The zero-order valence-corrected chi connectivity index (χ0v) is 13.3. The summed E-state index contributed by atoms with van der Waals surface area (Å²) in [6.07, 6.45) is 1.18. The molecule has 1 aromatic rings. The monoisotopic (exact) mass is 313 g/mol. The molecule has 18 heavy (non-hydrogen) atoms. The molecule has 1 amide bonds. The fourth-order valence-corrected chi connectivity index (χ4v) is 2.25. The van der Waals surface area contributed by atoms with Crippen LogP contribution in [-0.2, 0) is 11.2 Å². The molecule has 0 aromatic carbocycles. The van der Waals surface area contributed by atoms with Gasteiger partial charge in [0.2, 0.25) is 5.91 Å². The summed E-state index contributed by atoms with van der Waals surface area (Å²) in [6, 6.07) is -0.0793. The number of aryl methyl sites for hydroxylation is 2. The standard InChI is InChI=1S/C11H19N3OS.2ClH/c1-7(12)6-10(15)13-5-4-11-14-8(2)9(3)16-11;;/h7H,4-6,12H2,1-3H3,(H,13,15);2*1H. The third kappa shape index (κ3) is 7.16. The first-order valence-corrected chi connectivity index (χ1v) is 6.26. The van der Waals surface area contributed by atoms with Crippen LogP contribution in [0.2, 0.25) is 0 Å². The van der Waals surface area contributed by atoms with Crippen LogP contribution >= 0.6 is 36.2 Å². The summed E-state index contributed by atoms with van der Waals surface area (Å²) >= 11 is 1.69. The molecule has 0 aliphatic heterocycles. The van der Waals surface area contributed by atoms with Crippen molar-refractivity contribution in [2.75, 3.05) is 6.54 Å². The maximum absolute atomic E-state index is 11.3. The van der Waals surface area contributed by atoms with E-state index in [1.165, 1.54) is 4.88 Å². The largest absolute Gasteiger partial charge is 0.356 e. The van der Waals surface area contributed by atoms with Crippen molar-refractivity contribution < 1.29 is 4.79 Å². The summed E-state index contributed by atoms with van der Waals surface area (Å²) in [5, 5.41) is 3.92. The van der Waals surface area contributed by atoms with Crippen LogP contribution in [0.1, 0.15) is 28.9 Å². The molecule has 4 nitrogen and oxygen atoms in total. The smallest absolute Gasteiger partial charge is 0.221 e. The minimum atomic E-state index is -0.0793. The minimum Gasteiger partial charge on any atom is -0.356 e. The first kappa shape index (κ1) is 20.0. The van der Waals surface area contributed by atoms with Gasteiger partial charge in [0, 0.05) is 30.3 Å². The Morgan fingerprint density at radius 3 is 2.50 bits per heavy atom. The van der Waals surface area contributed by atoms with Crippen molar-refractivity contribution in [2.24, 2.45) is 5.73 Å². The van der Waals surface area contributed by atoms with Gasteiger partial charge in [-0.15, -0.1) is 36.2 Å². The summed E-state index contributed by atoms with van der Waals surface area (Å²) in [4.78, 5) is 17.0. The van der Waals surface area contributed by atoms with Crippen LogP contribution in [0.4, 0.5) is 0 Å². The van der Waals surface area contributed by atoms with E-state index in [0.717, 1.165) is 17.1 Å². The summed E-state index contributed by atoms with van der Waals surface area (Å²) < 4.78 is 0. The molecule has 0 aliphatic rings. The summed E-state index contributed by atoms with van der Waals surface area (Å²) in [5.41, 5.74) is 6.61. The highest BCUT2D eigenvalue weighted by atomic mass is 35.5. The van der Waals surface area contributed by atoms with Gasteiger partial charge in [0.25, 0.3) is 0 Å². The summed E-state index contributed by atoms with van der Waals surface area (Å²) in [5.74, 6) is 0.0139. The first-order chi connectivity index (χ1) is 7.49. The number of carbonyl (C=O) groups is 1. The van der Waals surface area contributed by atoms with Crippen LogP contribution in [0.25, 0.3) is 0 Å². The van der Waals surface area contributed by atoms with Crippen LogP contribution in [0.5, 0.6) is 0 Å². The number of nitrogens with two attached hydrogens (primary N) is 1. The van der Waals surface area contributed by atoms with E-state index in [1.54, 1.807) is 11.3 Å². The van der Waals surface area contributed by atoms with Crippen molar-refractivity contribution in [2.45, 2.75) is 39.7 Å². The number of hydrogen-bond acceptors (Lipinski definition) is 4. The van der Waals surface area contributed by atoms with Crippen molar-refractivity contribution in [3.63, 3.8) is 0 Å². The molecule has 3 N–H and O–H groups in total. The SMILES string of the molecule is Cc1nc(CCNC(=O)CC(C)N)sc1C.Cl.Cl. The molecular weight excluding hydrogens is 293 g/mol. The molecule has 0 radical (unpaired) electrons. The zero-order valence-electron chi connectivity index (χ0n) is 10.9. The van der Waals surface area contributed by atoms with Gasteiger partial charge < -0.3 is 11.1 Å². The van der Waals surface area contributed by atoms with Gasteiger partial charge >= 0.3 is 0 Å². The number of nitrogens with one attached hydrogen (secondary N) is 1. The lowest BCUT2D eigenvalue weighted by molar-refractivity contribution is -0.121. The fourth-order valence-electron chi connectivity index (χ4n) is 1.32. The second-order valence-electron chi connectivity index (χ2n) is 4.03. The number of amides is 1. The third-order valence-corrected chi connectivity index (χ3v) is 3.37. The van der Waals surface area contributed by atoms with Gasteiger partial charge in [-0.1, -0.05) is 0 Å². The van der Waals surface area contributed by atoms with Crippen molar-refractivity contribution in [1.29, 1.82) is 0 Å². The third-order valence-electron chi connectivity index (χ3n) is 2.24. The Labute approximate surface area is 125 Å². The predicted octanol–water partition coefficient (Wildman–Crippen LogP) is 2.00. The highest BCUT2D eigenvalue weighted by molar-refractivity contribution is 7.11. The van der Waals surface area contributed by atoms with Crippen LogP contribution in [-0.4, -0.2) is 23.5 Å². The quantitative estimate of drug-likeness (QED) is 0.873. The van der Waals surface area contributed by atoms with E-state index >= 15 is 0 Å². The van der Waals surface area contributed by atoms with Crippen molar-refractivity contribution >= 4 is 42.1 Å². The second kappa shape index (κ2) is 9.55. The van der Waals surface area contributed by atoms with Crippen LogP contribution in [0.3, 0.4) is 0 Å². The topological polar surface area (TPSA) is 68.0 Å². The van der Waals surface area contributed by atoms with Crippen LogP contribution in [0.15, 0.2) is 0 Å². The van der Waals surface area contributed by atoms with E-state index in [-0.39, 0.29) is 36.8 Å². The van der Waals surface area contributed by atoms with Gasteiger partial charge in [-0.2, -0.15) is 0 Å². The molecule has 1 unspecified atom stereocenters. The summed E-state index contributed by atoms with van der Waals surface area (Å²) in [6.45, 7) is 6.53. The van der Waals surface area contributed by atoms with Gasteiger partial charge in [0.05, 0.1) is 10.7 Å². The molecule has 106 valence electrons. The molecule has 1 atom stereocenters. The molecule has 0 aliphatic carbocycles. The van der Waals surface area contributed by atoms with Crippen molar-refractivity contribution in [1.82, 2.24) is 10.3 Å². The Kier molecular flexibility index (Phi) is 10.6. The zero-order chi connectivity index (χ0) is 12.1. The van der Waals surface area contributed by atoms with E-state index in [4.69, 9.17) is 5.73 Å². The number of hydrogen-bond donors (Lipinski definition) is 2. The molecule has 1 rings (SSSR count). The van der Waals surface area contributed by atoms with E-state index in [2.05, 4.69) is 17.2 Å². The first-order valence-electron chi connectivity index (χ1n) is 5.44. The van der Waals surface area contributed by atoms with Gasteiger partial charge in [-0.3, -0.25) is 4.79 Å². The van der Waals surface area contributed by atoms with E-state index in [0.29, 0.717) is 13.0 Å². The molecule has 0 bridgehead atoms. The molecule has 7 heteroatoms. The number of aromatic nitrogens is 1. The number of rotatable bonds is 5. The van der Waals surface area contributed by atoms with Crippen LogP contribution < -0.4 is 11.1 Å². The Morgan fingerprint density at radius 1 is 1.44 bits per heavy atom. The summed E-state index contributed by atoms with van der Waals surface area (Å²) in [7, 11) is 0. The van der Waals surface area contributed by atoms with Gasteiger partial charge in [-0.05, 0) is 20.8 Å². The average Bonchev–Trinajstić information content (AvgIpc) is 2.44.